The molecule has 1 nitrogen and oxygen atoms in total. The van der Waals surface area contributed by atoms with Gasteiger partial charge in [-0.05, 0) is 43.3 Å². The fraction of sp³-hybridized carbons (Fsp3) is 0.333. The first kappa shape index (κ1) is 10.9. The number of benzene rings is 1. The molecule has 0 atom stereocenters. The van der Waals surface area contributed by atoms with Crippen molar-refractivity contribution in [2.45, 2.75) is 25.8 Å². The SMILES string of the molecule is CC(C)(N)Cc1ccc2sccc2c1Cl. The van der Waals surface area contributed by atoms with Gasteiger partial charge in [-0.25, -0.2) is 0 Å². The van der Waals surface area contributed by atoms with Gasteiger partial charge in [-0.15, -0.1) is 11.3 Å². The van der Waals surface area contributed by atoms with Gasteiger partial charge in [-0.2, -0.15) is 0 Å². The van der Waals surface area contributed by atoms with Gasteiger partial charge in [-0.1, -0.05) is 17.7 Å². The van der Waals surface area contributed by atoms with Gasteiger partial charge in [0.2, 0.25) is 0 Å². The minimum atomic E-state index is -0.215. The molecule has 0 bridgehead atoms. The Labute approximate surface area is 98.9 Å². The number of fused-ring (bicyclic) bond motifs is 1. The number of nitrogens with two attached hydrogens (primary N) is 1. The third-order valence-electron chi connectivity index (χ3n) is 2.30. The van der Waals surface area contributed by atoms with Crippen molar-refractivity contribution in [1.82, 2.24) is 0 Å². The van der Waals surface area contributed by atoms with Crippen LogP contribution in [0.1, 0.15) is 19.4 Å². The summed E-state index contributed by atoms with van der Waals surface area (Å²) in [4.78, 5) is 0. The normalized spacial score (nSPS) is 12.3. The molecule has 0 unspecified atom stereocenters. The Morgan fingerprint density at radius 3 is 2.73 bits per heavy atom. The maximum Gasteiger partial charge on any atom is 0.0525 e. The van der Waals surface area contributed by atoms with E-state index in [2.05, 4.69) is 23.6 Å². The fourth-order valence-electron chi connectivity index (χ4n) is 1.68. The minimum absolute atomic E-state index is 0.215. The summed E-state index contributed by atoms with van der Waals surface area (Å²) in [6, 6.07) is 6.26. The first-order valence-corrected chi connectivity index (χ1v) is 6.16. The van der Waals surface area contributed by atoms with Crippen molar-refractivity contribution in [1.29, 1.82) is 0 Å². The number of hydrogen-bond acceptors (Lipinski definition) is 2. The van der Waals surface area contributed by atoms with E-state index in [-0.39, 0.29) is 5.54 Å². The van der Waals surface area contributed by atoms with Crippen LogP contribution in [0.2, 0.25) is 5.02 Å². The first-order valence-electron chi connectivity index (χ1n) is 4.91. The summed E-state index contributed by atoms with van der Waals surface area (Å²) in [7, 11) is 0. The Kier molecular flexibility index (Phi) is 2.75. The predicted octanol–water partition coefficient (Wildman–Crippen LogP) is 3.83. The molecular weight excluding hydrogens is 226 g/mol. The van der Waals surface area contributed by atoms with Gasteiger partial charge in [0.15, 0.2) is 0 Å². The fourth-order valence-corrected chi connectivity index (χ4v) is 2.83. The Morgan fingerprint density at radius 2 is 2.07 bits per heavy atom. The van der Waals surface area contributed by atoms with Crippen LogP contribution in [0.15, 0.2) is 23.6 Å². The monoisotopic (exact) mass is 239 g/mol. The zero-order valence-electron chi connectivity index (χ0n) is 8.88. The molecule has 0 amide bonds. The van der Waals surface area contributed by atoms with Crippen molar-refractivity contribution >= 4 is 33.0 Å². The summed E-state index contributed by atoms with van der Waals surface area (Å²) in [6.45, 7) is 4.03. The summed E-state index contributed by atoms with van der Waals surface area (Å²) in [5.74, 6) is 0. The summed E-state index contributed by atoms with van der Waals surface area (Å²) in [6.07, 6.45) is 0.803. The third-order valence-corrected chi connectivity index (χ3v) is 3.62. The molecule has 0 saturated heterocycles. The van der Waals surface area contributed by atoms with E-state index in [1.165, 1.54) is 4.70 Å². The predicted molar refractivity (Wildman–Crippen MR) is 68.8 cm³/mol. The molecule has 0 aliphatic heterocycles. The van der Waals surface area contributed by atoms with E-state index in [4.69, 9.17) is 17.3 Å². The van der Waals surface area contributed by atoms with E-state index in [0.29, 0.717) is 0 Å². The van der Waals surface area contributed by atoms with Crippen LogP contribution in [-0.4, -0.2) is 5.54 Å². The van der Waals surface area contributed by atoms with Gasteiger partial charge in [0.05, 0.1) is 5.02 Å². The molecule has 1 heterocycles. The third kappa shape index (κ3) is 2.33. The van der Waals surface area contributed by atoms with Crippen molar-refractivity contribution in [3.05, 3.63) is 34.2 Å². The lowest BCUT2D eigenvalue weighted by Gasteiger charge is -2.19. The maximum absolute atomic E-state index is 6.34. The van der Waals surface area contributed by atoms with Gasteiger partial charge in [0.25, 0.3) is 0 Å². The highest BCUT2D eigenvalue weighted by molar-refractivity contribution is 7.17. The molecule has 0 aliphatic rings. The van der Waals surface area contributed by atoms with Crippen molar-refractivity contribution in [2.75, 3.05) is 0 Å². The summed E-state index contributed by atoms with van der Waals surface area (Å²) >= 11 is 8.05. The molecule has 0 saturated carbocycles. The molecule has 0 aliphatic carbocycles. The largest absolute Gasteiger partial charge is 0.325 e. The molecule has 2 rings (SSSR count). The van der Waals surface area contributed by atoms with Crippen molar-refractivity contribution < 1.29 is 0 Å². The van der Waals surface area contributed by atoms with E-state index in [0.717, 1.165) is 22.4 Å². The Bertz CT molecular complexity index is 482. The van der Waals surface area contributed by atoms with Crippen LogP contribution in [0.3, 0.4) is 0 Å². The molecule has 2 N–H and O–H groups in total. The van der Waals surface area contributed by atoms with E-state index < -0.39 is 0 Å². The van der Waals surface area contributed by atoms with E-state index in [1.807, 2.05) is 13.8 Å². The lowest BCUT2D eigenvalue weighted by Crippen LogP contribution is -2.34. The standard InChI is InChI=1S/C12H14ClNS/c1-12(2,14)7-8-3-4-10-9(11(8)13)5-6-15-10/h3-6H,7,14H2,1-2H3. The first-order chi connectivity index (χ1) is 6.97. The number of thiophene rings is 1. The molecule has 1 aromatic carbocycles. The highest BCUT2D eigenvalue weighted by atomic mass is 35.5. The van der Waals surface area contributed by atoms with E-state index in [1.54, 1.807) is 11.3 Å². The van der Waals surface area contributed by atoms with Crippen LogP contribution in [0, 0.1) is 0 Å². The van der Waals surface area contributed by atoms with E-state index in [9.17, 15) is 0 Å². The van der Waals surface area contributed by atoms with Crippen LogP contribution < -0.4 is 5.73 Å². The summed E-state index contributed by atoms with van der Waals surface area (Å²) in [5, 5.41) is 4.06. The van der Waals surface area contributed by atoms with Crippen LogP contribution in [0.25, 0.3) is 10.1 Å². The molecular formula is C12H14ClNS. The molecule has 80 valence electrons. The average Bonchev–Trinajstić information content (AvgIpc) is 2.56. The summed E-state index contributed by atoms with van der Waals surface area (Å²) < 4.78 is 1.23. The Morgan fingerprint density at radius 1 is 1.33 bits per heavy atom. The zero-order valence-corrected chi connectivity index (χ0v) is 10.5. The summed E-state index contributed by atoms with van der Waals surface area (Å²) in [5.41, 5.74) is 6.92. The number of hydrogen-bond donors (Lipinski definition) is 1. The van der Waals surface area contributed by atoms with Crippen molar-refractivity contribution in [3.8, 4) is 0 Å². The van der Waals surface area contributed by atoms with Crippen molar-refractivity contribution in [3.63, 3.8) is 0 Å². The van der Waals surface area contributed by atoms with Crippen LogP contribution in [0.5, 0.6) is 0 Å². The van der Waals surface area contributed by atoms with Crippen LogP contribution >= 0.6 is 22.9 Å². The minimum Gasteiger partial charge on any atom is -0.325 e. The highest BCUT2D eigenvalue weighted by Gasteiger charge is 2.15. The Balaban J connectivity index is 2.48. The lowest BCUT2D eigenvalue weighted by atomic mass is 9.95. The number of halogens is 1. The van der Waals surface area contributed by atoms with Crippen LogP contribution in [-0.2, 0) is 6.42 Å². The lowest BCUT2D eigenvalue weighted by molar-refractivity contribution is 0.517. The number of rotatable bonds is 2. The topological polar surface area (TPSA) is 26.0 Å². The second-order valence-corrected chi connectivity index (χ2v) is 5.86. The van der Waals surface area contributed by atoms with Gasteiger partial charge in [0, 0.05) is 15.6 Å². The second-order valence-electron chi connectivity index (χ2n) is 4.54. The smallest absolute Gasteiger partial charge is 0.0525 e. The zero-order chi connectivity index (χ0) is 11.1. The van der Waals surface area contributed by atoms with Gasteiger partial charge < -0.3 is 5.73 Å². The molecule has 2 aromatic rings. The molecule has 15 heavy (non-hydrogen) atoms. The second kappa shape index (κ2) is 3.78. The molecule has 0 spiro atoms. The van der Waals surface area contributed by atoms with E-state index >= 15 is 0 Å². The van der Waals surface area contributed by atoms with Gasteiger partial charge in [-0.3, -0.25) is 0 Å². The quantitative estimate of drug-likeness (QED) is 0.847. The molecule has 3 heteroatoms. The molecule has 0 radical (unpaired) electrons. The maximum atomic E-state index is 6.34. The molecule has 0 fully saturated rings. The van der Waals surface area contributed by atoms with Gasteiger partial charge in [0.1, 0.15) is 0 Å². The molecule has 1 aromatic heterocycles. The Hall–Kier alpha value is -0.570. The van der Waals surface area contributed by atoms with Crippen molar-refractivity contribution in [2.24, 2.45) is 5.73 Å². The average molecular weight is 240 g/mol. The van der Waals surface area contributed by atoms with Crippen LogP contribution in [0.4, 0.5) is 0 Å². The van der Waals surface area contributed by atoms with Gasteiger partial charge >= 0.3 is 0 Å². The highest BCUT2D eigenvalue weighted by Crippen LogP contribution is 2.32.